The minimum atomic E-state index is -0.847. The van der Waals surface area contributed by atoms with Gasteiger partial charge in [0, 0.05) is 0 Å². The van der Waals surface area contributed by atoms with Gasteiger partial charge in [0.05, 0.1) is 40.3 Å². The molecule has 0 radical (unpaired) electrons. The summed E-state index contributed by atoms with van der Waals surface area (Å²) < 4.78 is 6.59. The van der Waals surface area contributed by atoms with E-state index in [0.717, 1.165) is 19.3 Å². The van der Waals surface area contributed by atoms with Gasteiger partial charge in [-0.25, -0.2) is 0 Å². The van der Waals surface area contributed by atoms with Crippen LogP contribution in [0.2, 0.25) is 0 Å². The molecule has 2 N–H and O–H groups in total. The summed E-state index contributed by atoms with van der Waals surface area (Å²) in [4.78, 5) is 11.1. The van der Waals surface area contributed by atoms with Crippen LogP contribution in [-0.4, -0.2) is 67.2 Å². The Balaban J connectivity index is 3.82. The van der Waals surface area contributed by atoms with Crippen LogP contribution in [0, 0.1) is 0 Å². The molecular weight excluding hydrogens is 354 g/mol. The quantitative estimate of drug-likeness (QED) is 0.222. The largest absolute Gasteiger partial charge is 0.481 e. The summed E-state index contributed by atoms with van der Waals surface area (Å²) >= 11 is 0. The number of carboxylic acids is 1. The van der Waals surface area contributed by atoms with Crippen LogP contribution in [0.25, 0.3) is 0 Å². The molecule has 5 heteroatoms. The Labute approximate surface area is 174 Å². The van der Waals surface area contributed by atoms with Gasteiger partial charge in [-0.2, -0.15) is 0 Å². The third-order valence-electron chi connectivity index (χ3n) is 5.12. The number of carboxylic acid groups (broad SMARTS) is 1. The van der Waals surface area contributed by atoms with E-state index in [1.54, 1.807) is 0 Å². The van der Waals surface area contributed by atoms with E-state index in [1.165, 1.54) is 64.2 Å². The average molecular weight is 403 g/mol. The van der Waals surface area contributed by atoms with E-state index in [4.69, 9.17) is 9.84 Å². The van der Waals surface area contributed by atoms with Gasteiger partial charge in [0.1, 0.15) is 12.6 Å². The summed E-state index contributed by atoms with van der Waals surface area (Å²) in [6, 6.07) is 0. The Hall–Kier alpha value is -0.650. The lowest BCUT2D eigenvalue weighted by molar-refractivity contribution is -0.873. The van der Waals surface area contributed by atoms with Crippen molar-refractivity contribution < 1.29 is 24.2 Å². The van der Waals surface area contributed by atoms with E-state index in [0.29, 0.717) is 11.0 Å². The molecule has 2 unspecified atom stereocenters. The number of unbranched alkanes of at least 4 members (excludes halogenated alkanes) is 11. The third kappa shape index (κ3) is 18.7. The monoisotopic (exact) mass is 402 g/mol. The summed E-state index contributed by atoms with van der Waals surface area (Å²) in [7, 11) is 6.08. The first-order valence-electron chi connectivity index (χ1n) is 11.6. The molecule has 0 aliphatic rings. The van der Waals surface area contributed by atoms with Crippen LogP contribution < -0.4 is 0 Å². The van der Waals surface area contributed by atoms with E-state index in [1.807, 2.05) is 21.1 Å². The van der Waals surface area contributed by atoms with Gasteiger partial charge >= 0.3 is 5.97 Å². The van der Waals surface area contributed by atoms with Gasteiger partial charge in [0.15, 0.2) is 0 Å². The molecular formula is C23H48NO4+. The highest BCUT2D eigenvalue weighted by atomic mass is 16.5. The molecule has 0 amide bonds. The Morgan fingerprint density at radius 1 is 0.821 bits per heavy atom. The van der Waals surface area contributed by atoms with Crippen LogP contribution in [-0.2, 0) is 9.53 Å². The molecule has 0 aromatic heterocycles. The fourth-order valence-corrected chi connectivity index (χ4v) is 3.65. The predicted molar refractivity (Wildman–Crippen MR) is 117 cm³/mol. The summed E-state index contributed by atoms with van der Waals surface area (Å²) in [6.07, 6.45) is 15.9. The van der Waals surface area contributed by atoms with Gasteiger partial charge in [-0.1, -0.05) is 84.0 Å². The topological polar surface area (TPSA) is 66.8 Å². The number of hydrogen-bond acceptors (Lipinski definition) is 3. The number of rotatable bonds is 20. The Bertz CT molecular complexity index is 368. The zero-order valence-corrected chi connectivity index (χ0v) is 19.1. The number of aliphatic hydroxyl groups is 1. The molecule has 5 nitrogen and oxygen atoms in total. The molecule has 0 saturated heterocycles. The van der Waals surface area contributed by atoms with E-state index in [9.17, 15) is 9.90 Å². The van der Waals surface area contributed by atoms with Crippen LogP contribution in [0.15, 0.2) is 0 Å². The zero-order valence-electron chi connectivity index (χ0n) is 19.1. The van der Waals surface area contributed by atoms with Crippen LogP contribution >= 0.6 is 0 Å². The molecule has 0 aromatic rings. The summed E-state index contributed by atoms with van der Waals surface area (Å²) in [5.74, 6) is -0.847. The van der Waals surface area contributed by atoms with Gasteiger partial charge < -0.3 is 19.4 Å². The number of ether oxygens (including phenoxy) is 1. The van der Waals surface area contributed by atoms with Crippen molar-refractivity contribution in [2.75, 3.05) is 34.3 Å². The molecule has 0 aliphatic heterocycles. The Kier molecular flexibility index (Phi) is 16.8. The first-order valence-corrected chi connectivity index (χ1v) is 11.6. The molecule has 0 rings (SSSR count). The molecule has 0 saturated carbocycles. The molecule has 0 bridgehead atoms. The van der Waals surface area contributed by atoms with Gasteiger partial charge in [-0.15, -0.1) is 0 Å². The number of carbonyl (C=O) groups is 1. The second kappa shape index (κ2) is 17.2. The first-order chi connectivity index (χ1) is 13.3. The van der Waals surface area contributed by atoms with Crippen molar-refractivity contribution in [2.45, 2.75) is 109 Å². The van der Waals surface area contributed by atoms with Crippen molar-refractivity contribution in [3.05, 3.63) is 0 Å². The second-order valence-corrected chi connectivity index (χ2v) is 9.31. The Morgan fingerprint density at radius 3 is 1.68 bits per heavy atom. The lowest BCUT2D eigenvalue weighted by Crippen LogP contribution is -2.44. The van der Waals surface area contributed by atoms with Crippen molar-refractivity contribution in [1.29, 1.82) is 0 Å². The SMILES string of the molecule is CCCCCCCCCCCCCCC(CO)OC(CC(=O)O)C[N+](C)(C)C. The first kappa shape index (κ1) is 27.4. The van der Waals surface area contributed by atoms with Gasteiger partial charge in [-0.3, -0.25) is 4.79 Å². The highest BCUT2D eigenvalue weighted by Crippen LogP contribution is 2.15. The minimum Gasteiger partial charge on any atom is -0.481 e. The summed E-state index contributed by atoms with van der Waals surface area (Å²) in [5.41, 5.74) is 0. The zero-order chi connectivity index (χ0) is 21.3. The minimum absolute atomic E-state index is 0.00946. The molecule has 28 heavy (non-hydrogen) atoms. The number of aliphatic carboxylic acids is 1. The van der Waals surface area contributed by atoms with Crippen LogP contribution in [0.4, 0.5) is 0 Å². The maximum absolute atomic E-state index is 11.1. The van der Waals surface area contributed by atoms with Gasteiger partial charge in [-0.05, 0) is 6.42 Å². The Morgan fingerprint density at radius 2 is 1.29 bits per heavy atom. The molecule has 0 fully saturated rings. The molecule has 0 aromatic carbocycles. The average Bonchev–Trinajstić information content (AvgIpc) is 2.59. The number of aliphatic hydroxyl groups excluding tert-OH is 1. The van der Waals surface area contributed by atoms with Crippen LogP contribution in [0.5, 0.6) is 0 Å². The van der Waals surface area contributed by atoms with Crippen molar-refractivity contribution in [1.82, 2.24) is 0 Å². The van der Waals surface area contributed by atoms with Crippen molar-refractivity contribution in [3.63, 3.8) is 0 Å². The third-order valence-corrected chi connectivity index (χ3v) is 5.12. The fraction of sp³-hybridized carbons (Fsp3) is 0.957. The highest BCUT2D eigenvalue weighted by Gasteiger charge is 2.24. The maximum atomic E-state index is 11.1. The second-order valence-electron chi connectivity index (χ2n) is 9.31. The molecule has 0 spiro atoms. The fourth-order valence-electron chi connectivity index (χ4n) is 3.65. The molecule has 0 aliphatic carbocycles. The number of hydrogen-bond donors (Lipinski definition) is 2. The van der Waals surface area contributed by atoms with E-state index >= 15 is 0 Å². The standard InChI is InChI=1S/C23H47NO4/c1-5-6-7-8-9-10-11-12-13-14-15-16-17-21(20-25)28-22(18-23(26)27)19-24(2,3)4/h21-22,25H,5-20H2,1-4H3/p+1. The van der Waals surface area contributed by atoms with E-state index < -0.39 is 5.97 Å². The van der Waals surface area contributed by atoms with Crippen molar-refractivity contribution in [2.24, 2.45) is 0 Å². The van der Waals surface area contributed by atoms with Crippen LogP contribution in [0.3, 0.4) is 0 Å². The van der Waals surface area contributed by atoms with Crippen molar-refractivity contribution >= 4 is 5.97 Å². The van der Waals surface area contributed by atoms with E-state index in [-0.39, 0.29) is 25.2 Å². The summed E-state index contributed by atoms with van der Waals surface area (Å²) in [5, 5.41) is 18.7. The van der Waals surface area contributed by atoms with E-state index in [2.05, 4.69) is 6.92 Å². The lowest BCUT2D eigenvalue weighted by atomic mass is 10.0. The van der Waals surface area contributed by atoms with Gasteiger partial charge in [0.2, 0.25) is 0 Å². The smallest absolute Gasteiger partial charge is 0.306 e. The number of nitrogens with zero attached hydrogens (tertiary/aromatic N) is 1. The summed E-state index contributed by atoms with van der Waals surface area (Å²) in [6.45, 7) is 2.85. The van der Waals surface area contributed by atoms with Crippen molar-refractivity contribution in [3.8, 4) is 0 Å². The van der Waals surface area contributed by atoms with Crippen LogP contribution in [0.1, 0.15) is 96.8 Å². The maximum Gasteiger partial charge on any atom is 0.306 e. The molecule has 2 atom stereocenters. The predicted octanol–water partition coefficient (Wildman–Crippen LogP) is 5.00. The number of quaternary nitrogens is 1. The molecule has 168 valence electrons. The lowest BCUT2D eigenvalue weighted by Gasteiger charge is -2.30. The van der Waals surface area contributed by atoms with Gasteiger partial charge in [0.25, 0.3) is 0 Å². The molecule has 0 heterocycles. The normalized spacial score (nSPS) is 14.2. The highest BCUT2D eigenvalue weighted by molar-refractivity contribution is 5.67. The number of likely N-dealkylation sites (N-methyl/N-ethyl adjacent to an activating group) is 1.